The number of alkyl halides is 3. The summed E-state index contributed by atoms with van der Waals surface area (Å²) in [5.74, 6) is -0.472. The molecule has 1 heterocycles. The van der Waals surface area contributed by atoms with Gasteiger partial charge in [0.15, 0.2) is 0 Å². The molecule has 1 amide bonds. The fraction of sp³-hybridized carbons (Fsp3) is 0.154. The molecule has 1 aromatic carbocycles. The van der Waals surface area contributed by atoms with Gasteiger partial charge >= 0.3 is 6.18 Å². The Bertz CT molecular complexity index is 622. The summed E-state index contributed by atoms with van der Waals surface area (Å²) < 4.78 is 38.2. The molecule has 0 radical (unpaired) electrons. The van der Waals surface area contributed by atoms with Crippen molar-refractivity contribution < 1.29 is 18.0 Å². The fourth-order valence-electron chi connectivity index (χ4n) is 1.58. The molecule has 0 saturated carbocycles. The van der Waals surface area contributed by atoms with Gasteiger partial charge in [-0.3, -0.25) is 15.6 Å². The Kier molecular flexibility index (Phi) is 3.99. The van der Waals surface area contributed by atoms with Crippen molar-refractivity contribution in [3.8, 4) is 0 Å². The van der Waals surface area contributed by atoms with Gasteiger partial charge in [0.25, 0.3) is 5.91 Å². The van der Waals surface area contributed by atoms with Crippen LogP contribution in [0.25, 0.3) is 0 Å². The second-order valence-electron chi connectivity index (χ2n) is 4.03. The van der Waals surface area contributed by atoms with Crippen LogP contribution in [-0.4, -0.2) is 5.91 Å². The molecule has 0 bridgehead atoms. The van der Waals surface area contributed by atoms with E-state index in [0.29, 0.717) is 4.88 Å². The molecular weight excluding hydrogens is 289 g/mol. The van der Waals surface area contributed by atoms with Crippen LogP contribution in [0.1, 0.15) is 20.1 Å². The zero-order valence-corrected chi connectivity index (χ0v) is 11.2. The van der Waals surface area contributed by atoms with E-state index >= 15 is 0 Å². The fourth-order valence-corrected chi connectivity index (χ4v) is 2.34. The first-order valence-corrected chi connectivity index (χ1v) is 6.48. The van der Waals surface area contributed by atoms with E-state index in [1.54, 1.807) is 12.1 Å². The van der Waals surface area contributed by atoms with E-state index in [-0.39, 0.29) is 5.69 Å². The maximum atomic E-state index is 12.7. The first-order chi connectivity index (χ1) is 9.38. The van der Waals surface area contributed by atoms with Gasteiger partial charge < -0.3 is 0 Å². The number of hydrogen-bond acceptors (Lipinski definition) is 3. The standard InChI is InChI=1S/C13H11F3N2OS/c1-8-6-7-11(20-8)12(19)18-17-10-5-3-2-4-9(10)13(14,15)16/h2-7,17H,1H3,(H,18,19). The molecule has 2 rings (SSSR count). The van der Waals surface area contributed by atoms with Crippen molar-refractivity contribution >= 4 is 22.9 Å². The predicted molar refractivity (Wildman–Crippen MR) is 71.6 cm³/mol. The maximum Gasteiger partial charge on any atom is 0.418 e. The van der Waals surface area contributed by atoms with E-state index in [9.17, 15) is 18.0 Å². The molecule has 3 nitrogen and oxygen atoms in total. The lowest BCUT2D eigenvalue weighted by Crippen LogP contribution is -2.29. The molecule has 0 aliphatic heterocycles. The number of rotatable bonds is 3. The molecule has 106 valence electrons. The Morgan fingerprint density at radius 3 is 2.45 bits per heavy atom. The molecule has 0 aliphatic rings. The highest BCUT2D eigenvalue weighted by Gasteiger charge is 2.33. The normalized spacial score (nSPS) is 11.2. The lowest BCUT2D eigenvalue weighted by molar-refractivity contribution is -0.137. The van der Waals surface area contributed by atoms with Gasteiger partial charge in [0.1, 0.15) is 0 Å². The van der Waals surface area contributed by atoms with E-state index < -0.39 is 17.6 Å². The number of carbonyl (C=O) groups is 1. The molecule has 1 aromatic heterocycles. The predicted octanol–water partition coefficient (Wildman–Crippen LogP) is 3.83. The monoisotopic (exact) mass is 300 g/mol. The number of hydrazine groups is 1. The summed E-state index contributed by atoms with van der Waals surface area (Å²) in [6, 6.07) is 8.33. The van der Waals surface area contributed by atoms with E-state index in [1.807, 2.05) is 6.92 Å². The number of nitrogens with one attached hydrogen (secondary N) is 2. The third-order valence-corrected chi connectivity index (χ3v) is 3.51. The van der Waals surface area contributed by atoms with E-state index in [2.05, 4.69) is 10.9 Å². The Morgan fingerprint density at radius 1 is 1.15 bits per heavy atom. The van der Waals surface area contributed by atoms with Crippen molar-refractivity contribution in [3.05, 3.63) is 51.7 Å². The zero-order chi connectivity index (χ0) is 14.8. The summed E-state index contributed by atoms with van der Waals surface area (Å²) in [7, 11) is 0. The first-order valence-electron chi connectivity index (χ1n) is 5.67. The minimum Gasteiger partial charge on any atom is -0.298 e. The van der Waals surface area contributed by atoms with Crippen LogP contribution < -0.4 is 10.9 Å². The van der Waals surface area contributed by atoms with Gasteiger partial charge in [-0.15, -0.1) is 11.3 Å². The molecule has 0 atom stereocenters. The van der Waals surface area contributed by atoms with Crippen LogP contribution >= 0.6 is 11.3 Å². The molecule has 0 aliphatic carbocycles. The highest BCUT2D eigenvalue weighted by molar-refractivity contribution is 7.13. The highest BCUT2D eigenvalue weighted by atomic mass is 32.1. The summed E-state index contributed by atoms with van der Waals surface area (Å²) in [5.41, 5.74) is 3.55. The molecule has 20 heavy (non-hydrogen) atoms. The van der Waals surface area contributed by atoms with Crippen LogP contribution in [-0.2, 0) is 6.18 Å². The number of amides is 1. The van der Waals surface area contributed by atoms with Crippen molar-refractivity contribution in [2.75, 3.05) is 5.43 Å². The van der Waals surface area contributed by atoms with E-state index in [1.165, 1.54) is 29.5 Å². The first kappa shape index (κ1) is 14.4. The Morgan fingerprint density at radius 2 is 1.85 bits per heavy atom. The Hall–Kier alpha value is -2.02. The van der Waals surface area contributed by atoms with Crippen molar-refractivity contribution in [2.45, 2.75) is 13.1 Å². The number of anilines is 1. The van der Waals surface area contributed by atoms with Gasteiger partial charge in [0.2, 0.25) is 0 Å². The van der Waals surface area contributed by atoms with Gasteiger partial charge in [-0.05, 0) is 31.2 Å². The van der Waals surface area contributed by atoms with Gasteiger partial charge in [-0.1, -0.05) is 12.1 Å². The number of thiophene rings is 1. The second-order valence-corrected chi connectivity index (χ2v) is 5.32. The molecule has 2 N–H and O–H groups in total. The molecule has 2 aromatic rings. The van der Waals surface area contributed by atoms with Gasteiger partial charge in [-0.2, -0.15) is 13.2 Å². The zero-order valence-electron chi connectivity index (χ0n) is 10.4. The molecular formula is C13H11F3N2OS. The summed E-state index contributed by atoms with van der Waals surface area (Å²) >= 11 is 1.27. The average molecular weight is 300 g/mol. The number of halogens is 3. The smallest absolute Gasteiger partial charge is 0.298 e. The van der Waals surface area contributed by atoms with Gasteiger partial charge in [-0.25, -0.2) is 0 Å². The van der Waals surface area contributed by atoms with Crippen LogP contribution in [0.4, 0.5) is 18.9 Å². The number of benzene rings is 1. The minimum absolute atomic E-state index is 0.193. The SMILES string of the molecule is Cc1ccc(C(=O)NNc2ccccc2C(F)(F)F)s1. The summed E-state index contributed by atoms with van der Waals surface area (Å²) in [6.45, 7) is 1.84. The quantitative estimate of drug-likeness (QED) is 0.846. The summed E-state index contributed by atoms with van der Waals surface area (Å²) in [4.78, 5) is 13.1. The molecule has 0 unspecified atom stereocenters. The third-order valence-electron chi connectivity index (χ3n) is 2.51. The molecule has 7 heteroatoms. The lowest BCUT2D eigenvalue weighted by atomic mass is 10.2. The minimum atomic E-state index is -4.48. The van der Waals surface area contributed by atoms with E-state index in [4.69, 9.17) is 0 Å². The maximum absolute atomic E-state index is 12.7. The number of carbonyl (C=O) groups excluding carboxylic acids is 1. The summed E-state index contributed by atoms with van der Waals surface area (Å²) in [5, 5.41) is 0. The second kappa shape index (κ2) is 5.54. The number of para-hydroxylation sites is 1. The van der Waals surface area contributed by atoms with Crippen LogP contribution in [0, 0.1) is 6.92 Å². The molecule has 0 spiro atoms. The average Bonchev–Trinajstić information content (AvgIpc) is 2.82. The Labute approximate surface area is 117 Å². The Balaban J connectivity index is 2.10. The topological polar surface area (TPSA) is 41.1 Å². The van der Waals surface area contributed by atoms with Crippen molar-refractivity contribution in [2.24, 2.45) is 0 Å². The number of hydrogen-bond donors (Lipinski definition) is 2. The lowest BCUT2D eigenvalue weighted by Gasteiger charge is -2.14. The number of aryl methyl sites for hydroxylation is 1. The van der Waals surface area contributed by atoms with Crippen molar-refractivity contribution in [1.82, 2.24) is 5.43 Å². The summed E-state index contributed by atoms with van der Waals surface area (Å²) in [6.07, 6.45) is -4.48. The van der Waals surface area contributed by atoms with Crippen LogP contribution in [0.15, 0.2) is 36.4 Å². The third kappa shape index (κ3) is 3.30. The van der Waals surface area contributed by atoms with Gasteiger partial charge in [0, 0.05) is 4.88 Å². The van der Waals surface area contributed by atoms with Crippen LogP contribution in [0.3, 0.4) is 0 Å². The van der Waals surface area contributed by atoms with Crippen LogP contribution in [0.2, 0.25) is 0 Å². The molecule has 0 fully saturated rings. The van der Waals surface area contributed by atoms with Crippen molar-refractivity contribution in [1.29, 1.82) is 0 Å². The van der Waals surface area contributed by atoms with Gasteiger partial charge in [0.05, 0.1) is 16.1 Å². The largest absolute Gasteiger partial charge is 0.418 e. The van der Waals surface area contributed by atoms with Crippen LogP contribution in [0.5, 0.6) is 0 Å². The molecule has 0 saturated heterocycles. The highest BCUT2D eigenvalue weighted by Crippen LogP contribution is 2.34. The van der Waals surface area contributed by atoms with Crippen molar-refractivity contribution in [3.63, 3.8) is 0 Å². The van der Waals surface area contributed by atoms with E-state index in [0.717, 1.165) is 10.9 Å².